The van der Waals surface area contributed by atoms with E-state index in [4.69, 9.17) is 21.1 Å². The summed E-state index contributed by atoms with van der Waals surface area (Å²) in [7, 11) is 0. The van der Waals surface area contributed by atoms with Crippen molar-refractivity contribution in [3.05, 3.63) is 53.1 Å². The van der Waals surface area contributed by atoms with Crippen molar-refractivity contribution in [1.82, 2.24) is 5.43 Å². The van der Waals surface area contributed by atoms with Gasteiger partial charge in [0.2, 0.25) is 0 Å². The molecule has 2 aromatic rings. The molecule has 0 bridgehead atoms. The molecule has 2 rings (SSSR count). The van der Waals surface area contributed by atoms with E-state index >= 15 is 0 Å². The van der Waals surface area contributed by atoms with Crippen LogP contribution in [0.2, 0.25) is 5.02 Å². The van der Waals surface area contributed by atoms with Crippen molar-refractivity contribution in [2.75, 3.05) is 13.2 Å². The summed E-state index contributed by atoms with van der Waals surface area (Å²) in [5, 5.41) is 14.2. The van der Waals surface area contributed by atoms with E-state index in [1.54, 1.807) is 42.5 Å². The van der Waals surface area contributed by atoms with Crippen molar-refractivity contribution in [3.8, 4) is 17.2 Å². The summed E-state index contributed by atoms with van der Waals surface area (Å²) < 4.78 is 10.6. The molecule has 0 spiro atoms. The maximum absolute atomic E-state index is 11.7. The number of nitrogens with zero attached hydrogens (tertiary/aromatic N) is 1. The van der Waals surface area contributed by atoms with Crippen LogP contribution in [0.25, 0.3) is 0 Å². The van der Waals surface area contributed by atoms with Crippen molar-refractivity contribution in [3.63, 3.8) is 0 Å². The predicted octanol–water partition coefficient (Wildman–Crippen LogP) is 2.97. The van der Waals surface area contributed by atoms with Crippen LogP contribution in [0.5, 0.6) is 17.2 Å². The minimum atomic E-state index is -0.452. The summed E-state index contributed by atoms with van der Waals surface area (Å²) in [4.78, 5) is 11.7. The van der Waals surface area contributed by atoms with Gasteiger partial charge in [-0.1, -0.05) is 29.8 Å². The molecule has 0 saturated heterocycles. The number of phenolic OH excluding ortho intramolecular Hbond substituents is 1. The molecule has 0 aliphatic rings. The number of benzene rings is 2. The van der Waals surface area contributed by atoms with E-state index in [9.17, 15) is 9.90 Å². The summed E-state index contributed by atoms with van der Waals surface area (Å²) in [6, 6.07) is 11.9. The Bertz CT molecular complexity index is 734. The van der Waals surface area contributed by atoms with Gasteiger partial charge in [-0.25, -0.2) is 5.43 Å². The zero-order valence-electron chi connectivity index (χ0n) is 13.0. The lowest BCUT2D eigenvalue weighted by atomic mass is 10.2. The van der Waals surface area contributed by atoms with Gasteiger partial charge < -0.3 is 14.6 Å². The number of carbonyl (C=O) groups is 1. The van der Waals surface area contributed by atoms with Gasteiger partial charge in [0.05, 0.1) is 17.8 Å². The number of hydrogen-bond acceptors (Lipinski definition) is 5. The second-order valence-electron chi connectivity index (χ2n) is 4.64. The van der Waals surface area contributed by atoms with Gasteiger partial charge in [0.1, 0.15) is 5.75 Å². The molecule has 6 nitrogen and oxygen atoms in total. The molecule has 2 N–H and O–H groups in total. The Labute approximate surface area is 144 Å². The van der Waals surface area contributed by atoms with Gasteiger partial charge in [-0.3, -0.25) is 4.79 Å². The Morgan fingerprint density at radius 3 is 2.71 bits per heavy atom. The lowest BCUT2D eigenvalue weighted by Gasteiger charge is -2.07. The topological polar surface area (TPSA) is 80.2 Å². The first kappa shape index (κ1) is 17.6. The standard InChI is InChI=1S/C17H17ClN2O4/c1-2-23-15-9-5-6-12(17(15)22)10-19-20-16(21)11-24-14-8-4-3-7-13(14)18/h3-10,22H,2,11H2,1H3,(H,20,21)/b19-10+. The molecule has 126 valence electrons. The fourth-order valence-corrected chi connectivity index (χ4v) is 2.02. The number of hydrogen-bond donors (Lipinski definition) is 2. The van der Waals surface area contributed by atoms with Crippen LogP contribution in [-0.4, -0.2) is 30.4 Å². The third-order valence-electron chi connectivity index (χ3n) is 2.92. The van der Waals surface area contributed by atoms with Gasteiger partial charge in [0, 0.05) is 5.56 Å². The van der Waals surface area contributed by atoms with E-state index < -0.39 is 5.91 Å². The van der Waals surface area contributed by atoms with E-state index in [2.05, 4.69) is 10.5 Å². The highest BCUT2D eigenvalue weighted by Gasteiger charge is 2.07. The summed E-state index contributed by atoms with van der Waals surface area (Å²) in [5.41, 5.74) is 2.73. The maximum Gasteiger partial charge on any atom is 0.277 e. The van der Waals surface area contributed by atoms with Gasteiger partial charge >= 0.3 is 0 Å². The lowest BCUT2D eigenvalue weighted by molar-refractivity contribution is -0.123. The second kappa shape index (κ2) is 8.79. The van der Waals surface area contributed by atoms with Gasteiger partial charge in [-0.2, -0.15) is 5.10 Å². The van der Waals surface area contributed by atoms with Crippen LogP contribution in [0.1, 0.15) is 12.5 Å². The first-order valence-corrected chi connectivity index (χ1v) is 7.63. The molecule has 24 heavy (non-hydrogen) atoms. The molecule has 0 aromatic heterocycles. The Morgan fingerprint density at radius 2 is 1.96 bits per heavy atom. The highest BCUT2D eigenvalue weighted by Crippen LogP contribution is 2.28. The van der Waals surface area contributed by atoms with Crippen LogP contribution in [-0.2, 0) is 4.79 Å². The highest BCUT2D eigenvalue weighted by molar-refractivity contribution is 6.32. The minimum absolute atomic E-state index is 0.0373. The van der Waals surface area contributed by atoms with Crippen LogP contribution >= 0.6 is 11.6 Å². The van der Waals surface area contributed by atoms with E-state index in [1.807, 2.05) is 6.92 Å². The molecule has 0 aliphatic heterocycles. The Balaban J connectivity index is 1.89. The largest absolute Gasteiger partial charge is 0.504 e. The molecule has 0 atom stereocenters. The SMILES string of the molecule is CCOc1cccc(/C=N/NC(=O)COc2ccccc2Cl)c1O. The molecule has 0 aliphatic carbocycles. The van der Waals surface area contributed by atoms with E-state index in [0.717, 1.165) is 0 Å². The minimum Gasteiger partial charge on any atom is -0.504 e. The van der Waals surface area contributed by atoms with Crippen molar-refractivity contribution in [2.45, 2.75) is 6.92 Å². The number of carbonyl (C=O) groups excluding carboxylic acids is 1. The molecular weight excluding hydrogens is 332 g/mol. The van der Waals surface area contributed by atoms with E-state index in [1.165, 1.54) is 6.21 Å². The number of rotatable bonds is 7. The van der Waals surface area contributed by atoms with Gasteiger partial charge in [-0.05, 0) is 31.2 Å². The van der Waals surface area contributed by atoms with Gasteiger partial charge in [0.25, 0.3) is 5.91 Å². The normalized spacial score (nSPS) is 10.6. The fraction of sp³-hybridized carbons (Fsp3) is 0.176. The Hall–Kier alpha value is -2.73. The Morgan fingerprint density at radius 1 is 1.21 bits per heavy atom. The van der Waals surface area contributed by atoms with Crippen LogP contribution < -0.4 is 14.9 Å². The molecule has 0 saturated carbocycles. The third kappa shape index (κ3) is 4.89. The van der Waals surface area contributed by atoms with E-state index in [0.29, 0.717) is 28.7 Å². The zero-order chi connectivity index (χ0) is 17.4. The maximum atomic E-state index is 11.7. The Kier molecular flexibility index (Phi) is 6.45. The molecule has 0 fully saturated rings. The van der Waals surface area contributed by atoms with Gasteiger partial charge in [0.15, 0.2) is 18.1 Å². The molecule has 0 radical (unpaired) electrons. The lowest BCUT2D eigenvalue weighted by Crippen LogP contribution is -2.24. The number of halogens is 1. The average Bonchev–Trinajstić information content (AvgIpc) is 2.57. The van der Waals surface area contributed by atoms with Crippen LogP contribution in [0.4, 0.5) is 0 Å². The first-order chi connectivity index (χ1) is 11.6. The fourth-order valence-electron chi connectivity index (χ4n) is 1.83. The number of phenols is 1. The van der Waals surface area contributed by atoms with E-state index in [-0.39, 0.29) is 12.4 Å². The smallest absolute Gasteiger partial charge is 0.277 e. The number of para-hydroxylation sites is 2. The van der Waals surface area contributed by atoms with Crippen molar-refractivity contribution in [1.29, 1.82) is 0 Å². The number of amides is 1. The monoisotopic (exact) mass is 348 g/mol. The predicted molar refractivity (Wildman–Crippen MR) is 92.0 cm³/mol. The second-order valence-corrected chi connectivity index (χ2v) is 5.05. The zero-order valence-corrected chi connectivity index (χ0v) is 13.8. The van der Waals surface area contributed by atoms with Crippen LogP contribution in [0.3, 0.4) is 0 Å². The molecule has 1 amide bonds. The molecule has 7 heteroatoms. The van der Waals surface area contributed by atoms with Crippen molar-refractivity contribution >= 4 is 23.7 Å². The summed E-state index contributed by atoms with van der Waals surface area (Å²) >= 11 is 5.92. The number of aromatic hydroxyl groups is 1. The third-order valence-corrected chi connectivity index (χ3v) is 3.23. The molecular formula is C17H17ClN2O4. The molecule has 0 unspecified atom stereocenters. The highest BCUT2D eigenvalue weighted by atomic mass is 35.5. The first-order valence-electron chi connectivity index (χ1n) is 7.25. The van der Waals surface area contributed by atoms with Crippen LogP contribution in [0.15, 0.2) is 47.6 Å². The van der Waals surface area contributed by atoms with Crippen molar-refractivity contribution in [2.24, 2.45) is 5.10 Å². The van der Waals surface area contributed by atoms with Crippen LogP contribution in [0, 0.1) is 0 Å². The number of nitrogens with one attached hydrogen (secondary N) is 1. The van der Waals surface area contributed by atoms with Gasteiger partial charge in [-0.15, -0.1) is 0 Å². The summed E-state index contributed by atoms with van der Waals surface area (Å²) in [5.74, 6) is 0.284. The number of hydrazone groups is 1. The molecule has 2 aromatic carbocycles. The average molecular weight is 349 g/mol. The molecule has 0 heterocycles. The quantitative estimate of drug-likeness (QED) is 0.595. The summed E-state index contributed by atoms with van der Waals surface area (Å²) in [6.45, 7) is 2.02. The number of ether oxygens (including phenoxy) is 2. The van der Waals surface area contributed by atoms with Crippen molar-refractivity contribution < 1.29 is 19.4 Å². The summed E-state index contributed by atoms with van der Waals surface area (Å²) in [6.07, 6.45) is 1.32.